The first-order valence-electron chi connectivity index (χ1n) is 8.63. The maximum Gasteiger partial charge on any atom is 0.191 e. The van der Waals surface area contributed by atoms with Crippen LogP contribution in [0.3, 0.4) is 0 Å². The maximum absolute atomic E-state index is 4.73. The quantitative estimate of drug-likeness (QED) is 0.624. The largest absolute Gasteiger partial charge is 0.354 e. The number of hydrogen-bond donors (Lipinski definition) is 2. The molecule has 124 valence electrons. The highest BCUT2D eigenvalue weighted by atomic mass is 15.3. The van der Waals surface area contributed by atoms with Gasteiger partial charge in [-0.05, 0) is 26.7 Å². The molecule has 0 aliphatic heterocycles. The standard InChI is InChI=1S/C16H30N6/c1-4-15-21-18-12-22(15)11-10-17-16(19-13(2)3)20-14-8-6-5-7-9-14/h12-14H,4-11H2,1-3H3,(H2,17,19,20). The third-order valence-corrected chi connectivity index (χ3v) is 3.99. The highest BCUT2D eigenvalue weighted by Gasteiger charge is 2.15. The zero-order valence-electron chi connectivity index (χ0n) is 14.2. The summed E-state index contributed by atoms with van der Waals surface area (Å²) in [6, 6.07) is 0.954. The summed E-state index contributed by atoms with van der Waals surface area (Å²) in [4.78, 5) is 4.73. The van der Waals surface area contributed by atoms with Crippen LogP contribution in [0.2, 0.25) is 0 Å². The third kappa shape index (κ3) is 5.31. The van der Waals surface area contributed by atoms with Crippen molar-refractivity contribution in [2.75, 3.05) is 6.54 Å². The molecule has 0 radical (unpaired) electrons. The summed E-state index contributed by atoms with van der Waals surface area (Å²) in [7, 11) is 0. The fourth-order valence-electron chi connectivity index (χ4n) is 2.86. The molecule has 1 aliphatic carbocycles. The van der Waals surface area contributed by atoms with E-state index >= 15 is 0 Å². The number of aryl methyl sites for hydroxylation is 1. The van der Waals surface area contributed by atoms with Crippen LogP contribution in [0.15, 0.2) is 11.3 Å². The molecule has 1 aromatic heterocycles. The molecule has 0 unspecified atom stereocenters. The van der Waals surface area contributed by atoms with Crippen molar-refractivity contribution in [2.45, 2.75) is 77.9 Å². The lowest BCUT2D eigenvalue weighted by Gasteiger charge is -2.26. The van der Waals surface area contributed by atoms with Crippen molar-refractivity contribution >= 4 is 5.96 Å². The molecule has 1 aliphatic rings. The molecule has 6 heteroatoms. The van der Waals surface area contributed by atoms with Crippen LogP contribution in [-0.4, -0.2) is 39.4 Å². The van der Waals surface area contributed by atoms with E-state index in [2.05, 4.69) is 46.2 Å². The minimum absolute atomic E-state index is 0.385. The Labute approximate surface area is 133 Å². The second kappa shape index (κ2) is 8.76. The average Bonchev–Trinajstić information content (AvgIpc) is 2.95. The van der Waals surface area contributed by atoms with Gasteiger partial charge in [0, 0.05) is 25.0 Å². The third-order valence-electron chi connectivity index (χ3n) is 3.99. The van der Waals surface area contributed by atoms with E-state index in [0.29, 0.717) is 12.1 Å². The number of nitrogens with zero attached hydrogens (tertiary/aromatic N) is 4. The molecule has 0 aromatic carbocycles. The van der Waals surface area contributed by atoms with Crippen molar-refractivity contribution in [1.29, 1.82) is 0 Å². The van der Waals surface area contributed by atoms with Gasteiger partial charge in [0.25, 0.3) is 0 Å². The molecule has 22 heavy (non-hydrogen) atoms. The van der Waals surface area contributed by atoms with Gasteiger partial charge < -0.3 is 15.2 Å². The van der Waals surface area contributed by atoms with Crippen molar-refractivity contribution in [3.8, 4) is 0 Å². The van der Waals surface area contributed by atoms with E-state index in [1.807, 2.05) is 0 Å². The molecule has 6 nitrogen and oxygen atoms in total. The van der Waals surface area contributed by atoms with Crippen molar-refractivity contribution in [3.63, 3.8) is 0 Å². The minimum Gasteiger partial charge on any atom is -0.354 e. The molecule has 2 rings (SSSR count). The molecule has 1 aromatic rings. The molecule has 2 N–H and O–H groups in total. The monoisotopic (exact) mass is 306 g/mol. The van der Waals surface area contributed by atoms with Crippen LogP contribution in [0.25, 0.3) is 0 Å². The number of guanidine groups is 1. The molecule has 0 amide bonds. The second-order valence-electron chi connectivity index (χ2n) is 6.30. The molecule has 1 heterocycles. The van der Waals surface area contributed by atoms with Gasteiger partial charge in [-0.25, -0.2) is 0 Å². The molecular weight excluding hydrogens is 276 g/mol. The van der Waals surface area contributed by atoms with Crippen LogP contribution >= 0.6 is 0 Å². The molecule has 0 bridgehead atoms. The first-order valence-corrected chi connectivity index (χ1v) is 8.63. The Morgan fingerprint density at radius 3 is 2.82 bits per heavy atom. The van der Waals surface area contributed by atoms with E-state index in [-0.39, 0.29) is 0 Å². The van der Waals surface area contributed by atoms with Crippen molar-refractivity contribution in [1.82, 2.24) is 25.4 Å². The lowest BCUT2D eigenvalue weighted by Crippen LogP contribution is -2.46. The van der Waals surface area contributed by atoms with Crippen LogP contribution in [0, 0.1) is 0 Å². The number of rotatable bonds is 6. The van der Waals surface area contributed by atoms with Crippen LogP contribution in [0.5, 0.6) is 0 Å². The Kier molecular flexibility index (Phi) is 6.68. The van der Waals surface area contributed by atoms with Crippen LogP contribution in [0.4, 0.5) is 0 Å². The number of nitrogens with one attached hydrogen (secondary N) is 2. The fourth-order valence-corrected chi connectivity index (χ4v) is 2.86. The zero-order chi connectivity index (χ0) is 15.8. The molecule has 0 spiro atoms. The molecule has 1 saturated carbocycles. The van der Waals surface area contributed by atoms with Crippen molar-refractivity contribution in [2.24, 2.45) is 4.99 Å². The van der Waals surface area contributed by atoms with Gasteiger partial charge in [0.2, 0.25) is 0 Å². The summed E-state index contributed by atoms with van der Waals surface area (Å²) in [5, 5.41) is 15.1. The second-order valence-corrected chi connectivity index (χ2v) is 6.30. The van der Waals surface area contributed by atoms with Gasteiger partial charge in [0.15, 0.2) is 5.96 Å². The Morgan fingerprint density at radius 2 is 2.14 bits per heavy atom. The maximum atomic E-state index is 4.73. The van der Waals surface area contributed by atoms with E-state index < -0.39 is 0 Å². The predicted molar refractivity (Wildman–Crippen MR) is 90.0 cm³/mol. The summed E-state index contributed by atoms with van der Waals surface area (Å²) >= 11 is 0. The summed E-state index contributed by atoms with van der Waals surface area (Å²) in [6.45, 7) is 7.95. The van der Waals surface area contributed by atoms with E-state index in [1.54, 1.807) is 6.33 Å². The van der Waals surface area contributed by atoms with Crippen molar-refractivity contribution in [3.05, 3.63) is 12.2 Å². The van der Waals surface area contributed by atoms with Gasteiger partial charge in [-0.1, -0.05) is 26.2 Å². The number of aromatic nitrogens is 3. The lowest BCUT2D eigenvalue weighted by molar-refractivity contribution is 0.408. The minimum atomic E-state index is 0.385. The first-order chi connectivity index (χ1) is 10.7. The van der Waals surface area contributed by atoms with Crippen LogP contribution < -0.4 is 10.6 Å². The molecule has 1 fully saturated rings. The Balaban J connectivity index is 1.89. The normalized spacial score (nSPS) is 17.0. The first kappa shape index (κ1) is 16.8. The Morgan fingerprint density at radius 1 is 1.36 bits per heavy atom. The van der Waals surface area contributed by atoms with Gasteiger partial charge in [0.1, 0.15) is 12.2 Å². The lowest BCUT2D eigenvalue weighted by atomic mass is 9.96. The zero-order valence-corrected chi connectivity index (χ0v) is 14.2. The Hall–Kier alpha value is -1.59. The topological polar surface area (TPSA) is 67.1 Å². The van der Waals surface area contributed by atoms with Crippen LogP contribution in [-0.2, 0) is 13.0 Å². The van der Waals surface area contributed by atoms with E-state index in [4.69, 9.17) is 4.99 Å². The highest BCUT2D eigenvalue weighted by molar-refractivity contribution is 5.80. The van der Waals surface area contributed by atoms with Gasteiger partial charge in [0.05, 0.1) is 6.54 Å². The summed E-state index contributed by atoms with van der Waals surface area (Å²) < 4.78 is 2.08. The fraction of sp³-hybridized carbons (Fsp3) is 0.812. The van der Waals surface area contributed by atoms with Gasteiger partial charge in [-0.15, -0.1) is 10.2 Å². The molecular formula is C16H30N6. The van der Waals surface area contributed by atoms with E-state index in [1.165, 1.54) is 32.1 Å². The molecule has 0 saturated heterocycles. The molecule has 0 atom stereocenters. The number of hydrogen-bond acceptors (Lipinski definition) is 3. The van der Waals surface area contributed by atoms with Crippen LogP contribution in [0.1, 0.15) is 58.7 Å². The SMILES string of the molecule is CCc1nncn1CCN=C(NC(C)C)NC1CCCCC1. The predicted octanol–water partition coefficient (Wildman–Crippen LogP) is 2.12. The summed E-state index contributed by atoms with van der Waals surface area (Å²) in [5.74, 6) is 1.96. The Bertz CT molecular complexity index is 459. The van der Waals surface area contributed by atoms with Gasteiger partial charge >= 0.3 is 0 Å². The number of aliphatic imine (C=N–C) groups is 1. The van der Waals surface area contributed by atoms with Crippen molar-refractivity contribution < 1.29 is 0 Å². The average molecular weight is 306 g/mol. The van der Waals surface area contributed by atoms with E-state index in [0.717, 1.165) is 31.3 Å². The van der Waals surface area contributed by atoms with E-state index in [9.17, 15) is 0 Å². The summed E-state index contributed by atoms with van der Waals surface area (Å²) in [6.07, 6.45) is 9.23. The van der Waals surface area contributed by atoms with Gasteiger partial charge in [-0.3, -0.25) is 4.99 Å². The smallest absolute Gasteiger partial charge is 0.191 e. The van der Waals surface area contributed by atoms with Gasteiger partial charge in [-0.2, -0.15) is 0 Å². The summed E-state index contributed by atoms with van der Waals surface area (Å²) in [5.41, 5.74) is 0. The highest BCUT2D eigenvalue weighted by Crippen LogP contribution is 2.17.